The number of H-pyrrole nitrogens is 1. The van der Waals surface area contributed by atoms with E-state index in [1.165, 1.54) is 0 Å². The van der Waals surface area contributed by atoms with Gasteiger partial charge in [-0.3, -0.25) is 19.2 Å². The van der Waals surface area contributed by atoms with E-state index >= 15 is 0 Å². The Labute approximate surface area is 259 Å². The van der Waals surface area contributed by atoms with Crippen molar-refractivity contribution in [1.29, 1.82) is 0 Å². The van der Waals surface area contributed by atoms with Crippen LogP contribution in [0.1, 0.15) is 76.8 Å². The molecule has 0 spiro atoms. The van der Waals surface area contributed by atoms with Crippen LogP contribution in [0.25, 0.3) is 10.9 Å². The van der Waals surface area contributed by atoms with Crippen LogP contribution in [0.15, 0.2) is 60.8 Å². The van der Waals surface area contributed by atoms with Crippen molar-refractivity contribution in [2.45, 2.75) is 102 Å². The molecule has 2 heterocycles. The van der Waals surface area contributed by atoms with E-state index in [-0.39, 0.29) is 18.1 Å². The van der Waals surface area contributed by atoms with E-state index in [2.05, 4.69) is 27.9 Å². The molecule has 0 radical (unpaired) electrons. The number of benzene rings is 2. The summed E-state index contributed by atoms with van der Waals surface area (Å²) in [5.41, 5.74) is 1.84. The summed E-state index contributed by atoms with van der Waals surface area (Å²) < 4.78 is 5.42. The number of hydrogen-bond acceptors (Lipinski definition) is 5. The topological polar surface area (TPSA) is 133 Å². The number of unbranched alkanes of at least 4 members (excludes halogenated alkanes) is 3. The number of Topliss-reactive ketones (excluding diaryl/α,β-unsaturated/α-hetero) is 1. The minimum atomic E-state index is -0.915. The zero-order valence-electron chi connectivity index (χ0n) is 26.1. The molecule has 236 valence electrons. The predicted octanol–water partition coefficient (Wildman–Crippen LogP) is 4.54. The molecular formula is C35H46N4O5. The maximum Gasteiger partial charge on any atom is 0.243 e. The molecule has 1 aliphatic rings. The molecule has 4 N–H and O–H groups in total. The van der Waals surface area contributed by atoms with Crippen LogP contribution in [0.2, 0.25) is 0 Å². The summed E-state index contributed by atoms with van der Waals surface area (Å²) in [6.07, 6.45) is 7.35. The summed E-state index contributed by atoms with van der Waals surface area (Å²) in [6, 6.07) is 14.8. The quantitative estimate of drug-likeness (QED) is 0.125. The molecule has 3 aromatic rings. The van der Waals surface area contributed by atoms with E-state index in [9.17, 15) is 19.2 Å². The lowest BCUT2D eigenvalue weighted by Crippen LogP contribution is -2.57. The van der Waals surface area contributed by atoms with Gasteiger partial charge in [-0.1, -0.05) is 88.1 Å². The summed E-state index contributed by atoms with van der Waals surface area (Å²) in [5.74, 6) is -1.24. The molecule has 0 saturated carbocycles. The van der Waals surface area contributed by atoms with Gasteiger partial charge in [0.25, 0.3) is 0 Å². The summed E-state index contributed by atoms with van der Waals surface area (Å²) in [5, 5.41) is 9.77. The van der Waals surface area contributed by atoms with Crippen molar-refractivity contribution < 1.29 is 23.9 Å². The Bertz CT molecular complexity index is 1410. The summed E-state index contributed by atoms with van der Waals surface area (Å²) in [4.78, 5) is 57.0. The van der Waals surface area contributed by atoms with Gasteiger partial charge in [-0.2, -0.15) is 0 Å². The van der Waals surface area contributed by atoms with Gasteiger partial charge >= 0.3 is 0 Å². The number of epoxide rings is 1. The monoisotopic (exact) mass is 602 g/mol. The predicted molar refractivity (Wildman–Crippen MR) is 171 cm³/mol. The lowest BCUT2D eigenvalue weighted by Gasteiger charge is -2.26. The second kappa shape index (κ2) is 15.7. The minimum absolute atomic E-state index is 0.188. The van der Waals surface area contributed by atoms with Crippen LogP contribution in [-0.2, 0) is 36.8 Å². The molecule has 1 fully saturated rings. The van der Waals surface area contributed by atoms with Crippen LogP contribution in [0.5, 0.6) is 0 Å². The van der Waals surface area contributed by atoms with Gasteiger partial charge < -0.3 is 25.7 Å². The minimum Gasteiger partial charge on any atom is -0.361 e. The van der Waals surface area contributed by atoms with Crippen molar-refractivity contribution in [2.24, 2.45) is 0 Å². The van der Waals surface area contributed by atoms with Crippen LogP contribution in [0, 0.1) is 0 Å². The fourth-order valence-electron chi connectivity index (χ4n) is 5.43. The number of amides is 3. The average molecular weight is 603 g/mol. The number of hydrogen-bond donors (Lipinski definition) is 4. The Balaban J connectivity index is 1.52. The number of carbonyl (C=O) groups excluding carboxylic acids is 4. The van der Waals surface area contributed by atoms with Crippen molar-refractivity contribution in [3.8, 4) is 0 Å². The second-order valence-corrected chi connectivity index (χ2v) is 12.0. The highest BCUT2D eigenvalue weighted by Crippen LogP contribution is 2.29. The smallest absolute Gasteiger partial charge is 0.243 e. The molecule has 44 heavy (non-hydrogen) atoms. The van der Waals surface area contributed by atoms with Crippen LogP contribution in [0.3, 0.4) is 0 Å². The fraction of sp³-hybridized carbons (Fsp3) is 0.486. The highest BCUT2D eigenvalue weighted by atomic mass is 16.6. The van der Waals surface area contributed by atoms with Gasteiger partial charge in [0.1, 0.15) is 17.7 Å². The molecule has 1 aliphatic heterocycles. The first-order chi connectivity index (χ1) is 21.2. The molecule has 0 aliphatic carbocycles. The SMILES string of the molecule is CCCCCC(=O)NC(Cc1c[nH]c2ccccc12)C(=O)NC(CCCC)C(=O)NC(Cc1ccccc1)C(=O)[C@@]1(C)CO1. The van der Waals surface area contributed by atoms with Crippen LogP contribution in [-0.4, -0.2) is 58.8 Å². The van der Waals surface area contributed by atoms with Crippen molar-refractivity contribution in [3.05, 3.63) is 71.9 Å². The van der Waals surface area contributed by atoms with Crippen molar-refractivity contribution in [2.75, 3.05) is 6.61 Å². The average Bonchev–Trinajstić information content (AvgIpc) is 3.65. The Morgan fingerprint density at radius 1 is 0.818 bits per heavy atom. The molecule has 9 heteroatoms. The van der Waals surface area contributed by atoms with E-state index in [1.54, 1.807) is 6.92 Å². The van der Waals surface area contributed by atoms with E-state index < -0.39 is 35.5 Å². The van der Waals surface area contributed by atoms with E-state index in [0.717, 1.165) is 47.7 Å². The second-order valence-electron chi connectivity index (χ2n) is 12.0. The maximum absolute atomic E-state index is 13.8. The third-order valence-electron chi connectivity index (χ3n) is 8.25. The first-order valence-corrected chi connectivity index (χ1v) is 15.9. The number of ketones is 1. The normalized spacial score (nSPS) is 17.8. The van der Waals surface area contributed by atoms with E-state index in [0.29, 0.717) is 32.3 Å². The third kappa shape index (κ3) is 9.02. The number of ether oxygens (including phenoxy) is 1. The molecular weight excluding hydrogens is 556 g/mol. The van der Waals surface area contributed by atoms with Crippen LogP contribution >= 0.6 is 0 Å². The first-order valence-electron chi connectivity index (χ1n) is 15.9. The number of para-hydroxylation sites is 1. The number of nitrogens with one attached hydrogen (secondary N) is 4. The van der Waals surface area contributed by atoms with Crippen molar-refractivity contribution in [3.63, 3.8) is 0 Å². The highest BCUT2D eigenvalue weighted by Gasteiger charge is 2.50. The number of fused-ring (bicyclic) bond motifs is 1. The number of aromatic nitrogens is 1. The summed E-state index contributed by atoms with van der Waals surface area (Å²) in [6.45, 7) is 6.13. The molecule has 9 nitrogen and oxygen atoms in total. The molecule has 3 amide bonds. The van der Waals surface area contributed by atoms with Gasteiger partial charge in [-0.25, -0.2) is 0 Å². The first kappa shape index (κ1) is 32.9. The number of carbonyl (C=O) groups is 4. The van der Waals surface area contributed by atoms with Gasteiger partial charge in [-0.05, 0) is 43.4 Å². The Hall–Kier alpha value is -3.98. The zero-order valence-corrected chi connectivity index (χ0v) is 26.1. The molecule has 1 aromatic heterocycles. The van der Waals surface area contributed by atoms with Crippen molar-refractivity contribution >= 4 is 34.4 Å². The highest BCUT2D eigenvalue weighted by molar-refractivity contribution is 5.98. The largest absolute Gasteiger partial charge is 0.361 e. The standard InChI is InChI=1S/C35H46N4O5/c1-4-6-9-19-31(40)37-30(21-25-22-36-27-18-13-12-16-26(25)27)34(43)38-28(17-7-5-2)33(42)39-29(32(41)35(3)23-44-35)20-24-14-10-8-11-15-24/h8,10-16,18,22,28-30,36H,4-7,9,17,19-21,23H2,1-3H3,(H,37,40)(H,38,43)(H,39,42)/t28?,29?,30?,35-/m1/s1. The molecule has 4 atom stereocenters. The van der Waals surface area contributed by atoms with E-state index in [1.807, 2.05) is 67.7 Å². The van der Waals surface area contributed by atoms with Gasteiger partial charge in [0.15, 0.2) is 5.78 Å². The number of rotatable bonds is 18. The van der Waals surface area contributed by atoms with Gasteiger partial charge in [0.2, 0.25) is 17.7 Å². The number of aromatic amines is 1. The lowest BCUT2D eigenvalue weighted by atomic mass is 9.94. The third-order valence-corrected chi connectivity index (χ3v) is 8.25. The Morgan fingerprint density at radius 3 is 2.18 bits per heavy atom. The van der Waals surface area contributed by atoms with Gasteiger partial charge in [0.05, 0.1) is 12.6 Å². The molecule has 2 aromatic carbocycles. The Morgan fingerprint density at radius 2 is 1.48 bits per heavy atom. The van der Waals surface area contributed by atoms with Crippen LogP contribution in [0.4, 0.5) is 0 Å². The summed E-state index contributed by atoms with van der Waals surface area (Å²) >= 11 is 0. The maximum atomic E-state index is 13.8. The van der Waals surface area contributed by atoms with E-state index in [4.69, 9.17) is 4.74 Å². The van der Waals surface area contributed by atoms with Gasteiger partial charge in [-0.15, -0.1) is 0 Å². The Kier molecular flexibility index (Phi) is 11.7. The van der Waals surface area contributed by atoms with Crippen molar-refractivity contribution in [1.82, 2.24) is 20.9 Å². The van der Waals surface area contributed by atoms with Crippen LogP contribution < -0.4 is 16.0 Å². The molecule has 4 rings (SSSR count). The fourth-order valence-corrected chi connectivity index (χ4v) is 5.43. The lowest BCUT2D eigenvalue weighted by molar-refractivity contribution is -0.134. The molecule has 0 bridgehead atoms. The molecule has 3 unspecified atom stereocenters. The van der Waals surface area contributed by atoms with Gasteiger partial charge in [0, 0.05) is 29.9 Å². The zero-order chi connectivity index (χ0) is 31.5. The molecule has 1 saturated heterocycles. The summed E-state index contributed by atoms with van der Waals surface area (Å²) in [7, 11) is 0.